The molecule has 0 aromatic carbocycles. The molecule has 0 radical (unpaired) electrons. The Morgan fingerprint density at radius 3 is 2.87 bits per heavy atom. The minimum Gasteiger partial charge on any atom is -0.394 e. The van der Waals surface area contributed by atoms with Gasteiger partial charge in [0.25, 0.3) is 0 Å². The summed E-state index contributed by atoms with van der Waals surface area (Å²) in [5.41, 5.74) is 0. The van der Waals surface area contributed by atoms with Gasteiger partial charge >= 0.3 is 0 Å². The van der Waals surface area contributed by atoms with E-state index >= 15 is 0 Å². The van der Waals surface area contributed by atoms with Crippen LogP contribution in [0.25, 0.3) is 0 Å². The van der Waals surface area contributed by atoms with Gasteiger partial charge in [0.1, 0.15) is 0 Å². The smallest absolute Gasteiger partial charge is 0.0698 e. The van der Waals surface area contributed by atoms with E-state index in [9.17, 15) is 0 Å². The van der Waals surface area contributed by atoms with Gasteiger partial charge in [-0.3, -0.25) is 0 Å². The summed E-state index contributed by atoms with van der Waals surface area (Å²) in [6.45, 7) is 9.31. The molecule has 0 aromatic heterocycles. The van der Waals surface area contributed by atoms with Crippen LogP contribution in [0.1, 0.15) is 20.3 Å². The van der Waals surface area contributed by atoms with Gasteiger partial charge in [-0.1, -0.05) is 13.8 Å². The summed E-state index contributed by atoms with van der Waals surface area (Å²) in [6, 6.07) is 0. The molecule has 0 amide bonds. The summed E-state index contributed by atoms with van der Waals surface area (Å²) >= 11 is 2.07. The number of ether oxygens (including phenoxy) is 1. The minimum atomic E-state index is 0.128. The Morgan fingerprint density at radius 2 is 2.13 bits per heavy atom. The highest BCUT2D eigenvalue weighted by Crippen LogP contribution is 2.30. The number of hydrogen-bond donors (Lipinski definition) is 1. The molecule has 0 saturated carbocycles. The van der Waals surface area contributed by atoms with E-state index < -0.39 is 0 Å². The number of aliphatic hydroxyl groups excluding tert-OH is 1. The van der Waals surface area contributed by atoms with Gasteiger partial charge in [0.05, 0.1) is 19.8 Å². The van der Waals surface area contributed by atoms with Crippen LogP contribution in [0.4, 0.5) is 0 Å². The van der Waals surface area contributed by atoms with E-state index in [4.69, 9.17) is 9.84 Å². The zero-order valence-corrected chi connectivity index (χ0v) is 10.7. The maximum atomic E-state index is 8.57. The Kier molecular flexibility index (Phi) is 5.97. The van der Waals surface area contributed by atoms with Crippen molar-refractivity contribution in [1.29, 1.82) is 0 Å². The summed E-state index contributed by atoms with van der Waals surface area (Å²) in [7, 11) is 0. The van der Waals surface area contributed by atoms with Gasteiger partial charge in [0, 0.05) is 23.6 Å². The second kappa shape index (κ2) is 6.74. The normalized spacial score (nSPS) is 22.6. The predicted molar refractivity (Wildman–Crippen MR) is 65.5 cm³/mol. The van der Waals surface area contributed by atoms with Crippen molar-refractivity contribution in [1.82, 2.24) is 4.90 Å². The van der Waals surface area contributed by atoms with E-state index in [-0.39, 0.29) is 6.61 Å². The highest BCUT2D eigenvalue weighted by atomic mass is 32.2. The maximum Gasteiger partial charge on any atom is 0.0698 e. The number of aliphatic hydroxyl groups is 1. The molecule has 1 aliphatic rings. The average Bonchev–Trinajstić information content (AvgIpc) is 2.35. The molecule has 0 atom stereocenters. The van der Waals surface area contributed by atoms with Gasteiger partial charge in [0.2, 0.25) is 0 Å². The maximum absolute atomic E-state index is 8.57. The number of thioether (sulfide) groups is 1. The van der Waals surface area contributed by atoms with Crippen LogP contribution in [0.2, 0.25) is 0 Å². The molecule has 1 fully saturated rings. The molecular formula is C11H23NO2S. The first-order chi connectivity index (χ1) is 7.14. The molecular weight excluding hydrogens is 210 g/mol. The fraction of sp³-hybridized carbons (Fsp3) is 1.00. The van der Waals surface area contributed by atoms with Gasteiger partial charge in [-0.15, -0.1) is 0 Å². The second-order valence-corrected chi connectivity index (χ2v) is 6.34. The summed E-state index contributed by atoms with van der Waals surface area (Å²) < 4.78 is 5.71. The lowest BCUT2D eigenvalue weighted by Crippen LogP contribution is -2.30. The molecule has 0 spiro atoms. The first-order valence-electron chi connectivity index (χ1n) is 5.69. The van der Waals surface area contributed by atoms with Crippen LogP contribution in [0.15, 0.2) is 0 Å². The van der Waals surface area contributed by atoms with E-state index in [0.717, 1.165) is 19.7 Å². The predicted octanol–water partition coefficient (Wildman–Crippen LogP) is 1.21. The Morgan fingerprint density at radius 1 is 1.33 bits per heavy atom. The van der Waals surface area contributed by atoms with E-state index in [0.29, 0.717) is 11.4 Å². The van der Waals surface area contributed by atoms with Gasteiger partial charge < -0.3 is 14.7 Å². The molecule has 1 saturated heterocycles. The molecule has 3 nitrogen and oxygen atoms in total. The van der Waals surface area contributed by atoms with Crippen molar-refractivity contribution in [2.24, 2.45) is 0 Å². The third-order valence-electron chi connectivity index (χ3n) is 2.72. The van der Waals surface area contributed by atoms with Crippen LogP contribution in [0, 0.1) is 0 Å². The molecule has 1 rings (SSSR count). The number of rotatable bonds is 5. The van der Waals surface area contributed by atoms with Crippen molar-refractivity contribution in [3.8, 4) is 0 Å². The first-order valence-corrected chi connectivity index (χ1v) is 6.67. The van der Waals surface area contributed by atoms with Gasteiger partial charge in [0.15, 0.2) is 0 Å². The van der Waals surface area contributed by atoms with Crippen molar-refractivity contribution < 1.29 is 9.84 Å². The standard InChI is InChI=1S/C11H23NO2S/c1-11(2)3-4-12(6-10-15-11)5-8-14-9-7-13/h13H,3-10H2,1-2H3. The summed E-state index contributed by atoms with van der Waals surface area (Å²) in [4.78, 5) is 2.46. The Bertz CT molecular complexity index is 176. The van der Waals surface area contributed by atoms with Crippen molar-refractivity contribution >= 4 is 11.8 Å². The molecule has 0 unspecified atom stereocenters. The van der Waals surface area contributed by atoms with Crippen LogP contribution in [0.5, 0.6) is 0 Å². The largest absolute Gasteiger partial charge is 0.394 e. The Balaban J connectivity index is 2.14. The van der Waals surface area contributed by atoms with Gasteiger partial charge in [-0.2, -0.15) is 11.8 Å². The van der Waals surface area contributed by atoms with Gasteiger partial charge in [-0.05, 0) is 13.0 Å². The van der Waals surface area contributed by atoms with E-state index in [2.05, 4.69) is 30.5 Å². The Labute approximate surface area is 97.2 Å². The third-order valence-corrected chi connectivity index (χ3v) is 4.09. The summed E-state index contributed by atoms with van der Waals surface area (Å²) in [5, 5.41) is 8.57. The van der Waals surface area contributed by atoms with Crippen LogP contribution in [-0.4, -0.2) is 60.0 Å². The fourth-order valence-electron chi connectivity index (χ4n) is 1.65. The lowest BCUT2D eigenvalue weighted by molar-refractivity contribution is 0.0747. The molecule has 1 aliphatic heterocycles. The molecule has 1 heterocycles. The van der Waals surface area contributed by atoms with Crippen molar-refractivity contribution in [3.63, 3.8) is 0 Å². The number of nitrogens with zero attached hydrogens (tertiary/aromatic N) is 1. The monoisotopic (exact) mass is 233 g/mol. The molecule has 0 bridgehead atoms. The van der Waals surface area contributed by atoms with Crippen molar-refractivity contribution in [2.45, 2.75) is 25.0 Å². The van der Waals surface area contributed by atoms with E-state index in [1.165, 1.54) is 18.7 Å². The summed E-state index contributed by atoms with van der Waals surface area (Å²) in [5.74, 6) is 1.22. The number of hydrogen-bond acceptors (Lipinski definition) is 4. The van der Waals surface area contributed by atoms with Crippen LogP contribution < -0.4 is 0 Å². The van der Waals surface area contributed by atoms with Crippen molar-refractivity contribution in [2.75, 3.05) is 45.2 Å². The van der Waals surface area contributed by atoms with E-state index in [1.54, 1.807) is 0 Å². The SMILES string of the molecule is CC1(C)CCN(CCOCCO)CCS1. The Hall–Kier alpha value is 0.230. The average molecular weight is 233 g/mol. The first kappa shape index (κ1) is 13.3. The molecule has 15 heavy (non-hydrogen) atoms. The lowest BCUT2D eigenvalue weighted by atomic mass is 10.1. The summed E-state index contributed by atoms with van der Waals surface area (Å²) in [6.07, 6.45) is 1.25. The third kappa shape index (κ3) is 5.76. The zero-order valence-electron chi connectivity index (χ0n) is 9.87. The fourth-order valence-corrected chi connectivity index (χ4v) is 2.78. The van der Waals surface area contributed by atoms with Crippen LogP contribution >= 0.6 is 11.8 Å². The molecule has 1 N–H and O–H groups in total. The van der Waals surface area contributed by atoms with Crippen LogP contribution in [-0.2, 0) is 4.74 Å². The highest BCUT2D eigenvalue weighted by Gasteiger charge is 2.23. The topological polar surface area (TPSA) is 32.7 Å². The minimum absolute atomic E-state index is 0.128. The molecule has 90 valence electrons. The van der Waals surface area contributed by atoms with Crippen molar-refractivity contribution in [3.05, 3.63) is 0 Å². The van der Waals surface area contributed by atoms with Crippen LogP contribution in [0.3, 0.4) is 0 Å². The van der Waals surface area contributed by atoms with Gasteiger partial charge in [-0.25, -0.2) is 0 Å². The quantitative estimate of drug-likeness (QED) is 0.724. The lowest BCUT2D eigenvalue weighted by Gasteiger charge is -2.22. The highest BCUT2D eigenvalue weighted by molar-refractivity contribution is 8.00. The zero-order chi connectivity index (χ0) is 11.1. The molecule has 4 heteroatoms. The molecule has 0 aliphatic carbocycles. The van der Waals surface area contributed by atoms with E-state index in [1.807, 2.05) is 0 Å². The second-order valence-electron chi connectivity index (χ2n) is 4.54. The molecule has 0 aromatic rings.